The van der Waals surface area contributed by atoms with E-state index in [1.165, 1.54) is 6.33 Å². The molecule has 34 heavy (non-hydrogen) atoms. The van der Waals surface area contributed by atoms with Gasteiger partial charge in [-0.1, -0.05) is 0 Å². The van der Waals surface area contributed by atoms with Gasteiger partial charge in [-0.2, -0.15) is 10.4 Å². The maximum absolute atomic E-state index is 10.2. The largest absolute Gasteiger partial charge is 0.493 e. The fourth-order valence-electron chi connectivity index (χ4n) is 5.01. The molecule has 0 aliphatic carbocycles. The number of nitrogens with zero attached hydrogens (tertiary/aromatic N) is 6. The standard InChI is InChI=1S/C25H33N7O2/c1-7-34-22-18(16(4)32-24-20(15(3)30-32)23(27)28-13-29-24)8-14(2)19(9-26)21(22)17-10-31(11-17)12-25(5,6)33/h8,13,16-17,33H,7,10-12H2,1-6H3,(H2,27,28,29)/t16-/m1/s1. The molecule has 3 N–H and O–H groups in total. The van der Waals surface area contributed by atoms with Crippen LogP contribution < -0.4 is 10.5 Å². The number of nitriles is 1. The van der Waals surface area contributed by atoms with Gasteiger partial charge in [-0.3, -0.25) is 4.90 Å². The Morgan fingerprint density at radius 3 is 2.65 bits per heavy atom. The van der Waals surface area contributed by atoms with Crippen LogP contribution in [0.5, 0.6) is 5.75 Å². The van der Waals surface area contributed by atoms with Crippen LogP contribution in [-0.4, -0.2) is 61.6 Å². The third kappa shape index (κ3) is 4.19. The maximum atomic E-state index is 10.2. The summed E-state index contributed by atoms with van der Waals surface area (Å²) in [7, 11) is 0. The molecule has 1 aliphatic rings. The first-order chi connectivity index (χ1) is 16.1. The number of aryl methyl sites for hydroxylation is 2. The van der Waals surface area contributed by atoms with E-state index in [0.29, 0.717) is 30.2 Å². The van der Waals surface area contributed by atoms with Gasteiger partial charge in [0.2, 0.25) is 0 Å². The van der Waals surface area contributed by atoms with Gasteiger partial charge in [0, 0.05) is 36.7 Å². The molecule has 0 amide bonds. The maximum Gasteiger partial charge on any atom is 0.164 e. The van der Waals surface area contributed by atoms with Crippen molar-refractivity contribution in [1.29, 1.82) is 5.26 Å². The summed E-state index contributed by atoms with van der Waals surface area (Å²) in [6.45, 7) is 14.1. The van der Waals surface area contributed by atoms with Crippen molar-refractivity contribution in [3.05, 3.63) is 40.3 Å². The quantitative estimate of drug-likeness (QED) is 0.547. The first kappa shape index (κ1) is 23.9. The SMILES string of the molecule is CCOc1c([C@@H](C)n2nc(C)c3c(N)ncnc32)cc(C)c(C#N)c1C1CN(CC(C)(C)O)C1. The van der Waals surface area contributed by atoms with Crippen molar-refractivity contribution < 1.29 is 9.84 Å². The lowest BCUT2D eigenvalue weighted by Crippen LogP contribution is -2.51. The smallest absolute Gasteiger partial charge is 0.164 e. The molecule has 9 nitrogen and oxygen atoms in total. The van der Waals surface area contributed by atoms with Crippen molar-refractivity contribution in [3.8, 4) is 11.8 Å². The van der Waals surface area contributed by atoms with Gasteiger partial charge in [0.05, 0.1) is 41.0 Å². The molecule has 1 aromatic carbocycles. The van der Waals surface area contributed by atoms with E-state index < -0.39 is 5.60 Å². The Morgan fingerprint density at radius 2 is 2.03 bits per heavy atom. The molecule has 3 aromatic rings. The highest BCUT2D eigenvalue weighted by atomic mass is 16.5. The summed E-state index contributed by atoms with van der Waals surface area (Å²) in [4.78, 5) is 10.8. The van der Waals surface area contributed by atoms with E-state index in [9.17, 15) is 10.4 Å². The molecule has 0 radical (unpaired) electrons. The fourth-order valence-corrected chi connectivity index (χ4v) is 5.01. The average molecular weight is 464 g/mol. The Morgan fingerprint density at radius 1 is 1.32 bits per heavy atom. The van der Waals surface area contributed by atoms with Crippen molar-refractivity contribution >= 4 is 16.9 Å². The van der Waals surface area contributed by atoms with Crippen LogP contribution in [0.4, 0.5) is 5.82 Å². The molecule has 2 aromatic heterocycles. The minimum Gasteiger partial charge on any atom is -0.493 e. The second-order valence-electron chi connectivity index (χ2n) is 9.81. The number of ether oxygens (including phenoxy) is 1. The molecule has 1 fully saturated rings. The molecule has 180 valence electrons. The third-order valence-corrected chi connectivity index (χ3v) is 6.43. The first-order valence-electron chi connectivity index (χ1n) is 11.7. The minimum absolute atomic E-state index is 0.151. The average Bonchev–Trinajstić information content (AvgIpc) is 3.08. The normalized spacial score (nSPS) is 15.8. The van der Waals surface area contributed by atoms with E-state index in [1.807, 2.05) is 45.4 Å². The number of fused-ring (bicyclic) bond motifs is 1. The Hall–Kier alpha value is -3.22. The summed E-state index contributed by atoms with van der Waals surface area (Å²) < 4.78 is 8.08. The summed E-state index contributed by atoms with van der Waals surface area (Å²) in [6, 6.07) is 4.24. The Bertz CT molecular complexity index is 1260. The number of anilines is 1. The highest BCUT2D eigenvalue weighted by Crippen LogP contribution is 2.43. The molecule has 0 spiro atoms. The van der Waals surface area contributed by atoms with Gasteiger partial charge in [0.25, 0.3) is 0 Å². The molecule has 4 rings (SSSR count). The van der Waals surface area contributed by atoms with Crippen LogP contribution in [0.25, 0.3) is 11.0 Å². The van der Waals surface area contributed by atoms with Crippen LogP contribution in [0.2, 0.25) is 0 Å². The lowest BCUT2D eigenvalue weighted by atomic mass is 9.82. The van der Waals surface area contributed by atoms with E-state index in [0.717, 1.165) is 46.6 Å². The van der Waals surface area contributed by atoms with Crippen molar-refractivity contribution in [2.45, 2.75) is 59.1 Å². The predicted octanol–water partition coefficient (Wildman–Crippen LogP) is 3.08. The highest BCUT2D eigenvalue weighted by molar-refractivity contribution is 5.88. The van der Waals surface area contributed by atoms with Gasteiger partial charge in [0.1, 0.15) is 17.9 Å². The molecule has 1 aliphatic heterocycles. The number of aliphatic hydroxyl groups is 1. The van der Waals surface area contributed by atoms with Crippen LogP contribution in [-0.2, 0) is 0 Å². The number of hydrogen-bond acceptors (Lipinski definition) is 8. The van der Waals surface area contributed by atoms with E-state index in [2.05, 4.69) is 27.9 Å². The molecular weight excluding hydrogens is 430 g/mol. The molecule has 0 unspecified atom stereocenters. The first-order valence-corrected chi connectivity index (χ1v) is 11.7. The van der Waals surface area contributed by atoms with Gasteiger partial charge < -0.3 is 15.6 Å². The van der Waals surface area contributed by atoms with E-state index in [4.69, 9.17) is 15.6 Å². The van der Waals surface area contributed by atoms with Crippen LogP contribution >= 0.6 is 0 Å². The molecule has 3 heterocycles. The van der Waals surface area contributed by atoms with Crippen LogP contribution in [0.15, 0.2) is 12.4 Å². The second kappa shape index (κ2) is 8.85. The zero-order chi connectivity index (χ0) is 24.8. The van der Waals surface area contributed by atoms with Crippen molar-refractivity contribution in [3.63, 3.8) is 0 Å². The summed E-state index contributed by atoms with van der Waals surface area (Å²) in [5.74, 6) is 1.30. The number of β-amino-alcohol motifs (C(OH)–C–C–N with tert-alkyl or cyclic N) is 1. The second-order valence-corrected chi connectivity index (χ2v) is 9.81. The fraction of sp³-hybridized carbons (Fsp3) is 0.520. The monoisotopic (exact) mass is 463 g/mol. The molecule has 1 atom stereocenters. The van der Waals surface area contributed by atoms with Gasteiger partial charge in [-0.15, -0.1) is 0 Å². The number of benzene rings is 1. The molecular formula is C25H33N7O2. The summed E-state index contributed by atoms with van der Waals surface area (Å²) in [5.41, 5.74) is 10.3. The van der Waals surface area contributed by atoms with Gasteiger partial charge >= 0.3 is 0 Å². The number of nitrogens with two attached hydrogens (primary N) is 1. The summed E-state index contributed by atoms with van der Waals surface area (Å²) in [6.07, 6.45) is 1.45. The number of likely N-dealkylation sites (tertiary alicyclic amines) is 1. The molecule has 0 saturated carbocycles. The highest BCUT2D eigenvalue weighted by Gasteiger charge is 2.37. The Kier molecular flexibility index (Phi) is 6.23. The summed E-state index contributed by atoms with van der Waals surface area (Å²) in [5, 5.41) is 25.7. The van der Waals surface area contributed by atoms with E-state index in [-0.39, 0.29) is 12.0 Å². The van der Waals surface area contributed by atoms with Gasteiger partial charge in [-0.25, -0.2) is 14.6 Å². The van der Waals surface area contributed by atoms with Crippen LogP contribution in [0.1, 0.15) is 67.6 Å². The zero-order valence-corrected chi connectivity index (χ0v) is 20.8. The van der Waals surface area contributed by atoms with Crippen LogP contribution in [0.3, 0.4) is 0 Å². The predicted molar refractivity (Wildman–Crippen MR) is 131 cm³/mol. The minimum atomic E-state index is -0.763. The van der Waals surface area contributed by atoms with Crippen LogP contribution in [0, 0.1) is 25.2 Å². The van der Waals surface area contributed by atoms with E-state index in [1.54, 1.807) is 0 Å². The Labute approximate surface area is 200 Å². The lowest BCUT2D eigenvalue weighted by molar-refractivity contribution is 0.00698. The molecule has 0 bridgehead atoms. The van der Waals surface area contributed by atoms with Crippen molar-refractivity contribution in [2.75, 3.05) is 32.0 Å². The van der Waals surface area contributed by atoms with Gasteiger partial charge in [0.15, 0.2) is 5.65 Å². The van der Waals surface area contributed by atoms with Crippen molar-refractivity contribution in [2.24, 2.45) is 0 Å². The lowest BCUT2D eigenvalue weighted by Gasteiger charge is -2.43. The van der Waals surface area contributed by atoms with Gasteiger partial charge in [-0.05, 0) is 53.2 Å². The summed E-state index contributed by atoms with van der Waals surface area (Å²) >= 11 is 0. The molecule has 1 saturated heterocycles. The van der Waals surface area contributed by atoms with Crippen molar-refractivity contribution in [1.82, 2.24) is 24.6 Å². The van der Waals surface area contributed by atoms with E-state index >= 15 is 0 Å². The number of rotatable bonds is 7. The topological polar surface area (TPSA) is 126 Å². The third-order valence-electron chi connectivity index (χ3n) is 6.43. The molecule has 9 heteroatoms. The zero-order valence-electron chi connectivity index (χ0n) is 20.8. The number of aromatic nitrogens is 4. The Balaban J connectivity index is 1.82. The number of nitrogen functional groups attached to an aromatic ring is 1. The number of hydrogen-bond donors (Lipinski definition) is 2.